The monoisotopic (exact) mass is 360 g/mol. The Kier molecular flexibility index (Phi) is 7.58. The van der Waals surface area contributed by atoms with Crippen LogP contribution in [0.5, 0.6) is 0 Å². The van der Waals surface area contributed by atoms with Crippen molar-refractivity contribution in [3.05, 3.63) is 35.6 Å². The molecule has 1 saturated heterocycles. The number of aryl methyl sites for hydroxylation is 1. The Morgan fingerprint density at radius 2 is 1.52 bits per heavy atom. The summed E-state index contributed by atoms with van der Waals surface area (Å²) in [7, 11) is -0.456. The molecule has 25 heavy (non-hydrogen) atoms. The molecule has 0 amide bonds. The molecule has 0 aromatic heterocycles. The lowest BCUT2D eigenvalue weighted by Crippen LogP contribution is -2.29. The van der Waals surface area contributed by atoms with E-state index in [1.54, 1.807) is 49.9 Å². The smallest absolute Gasteiger partial charge is 0.123 e. The van der Waals surface area contributed by atoms with Gasteiger partial charge in [-0.1, -0.05) is 88.9 Å². The molecule has 3 rings (SSSR count). The highest BCUT2D eigenvalue weighted by atomic mass is 28.3. The lowest BCUT2D eigenvalue weighted by atomic mass is 9.85. The highest BCUT2D eigenvalue weighted by Gasteiger charge is 2.31. The van der Waals surface area contributed by atoms with Crippen LogP contribution in [0.3, 0.4) is 0 Å². The average molecular weight is 361 g/mol. The van der Waals surface area contributed by atoms with Crippen LogP contribution in [0, 0.1) is 17.7 Å². The Morgan fingerprint density at radius 3 is 2.16 bits per heavy atom. The fourth-order valence-electron chi connectivity index (χ4n) is 5.41. The highest BCUT2D eigenvalue weighted by Crippen LogP contribution is 2.42. The Bertz CT molecular complexity index is 481. The summed E-state index contributed by atoms with van der Waals surface area (Å²) >= 11 is 0. The molecule has 0 unspecified atom stereocenters. The first kappa shape index (κ1) is 19.1. The molecule has 0 atom stereocenters. The van der Waals surface area contributed by atoms with Crippen molar-refractivity contribution in [1.29, 1.82) is 0 Å². The molecule has 1 aliphatic carbocycles. The summed E-state index contributed by atoms with van der Waals surface area (Å²) in [6, 6.07) is 10.4. The van der Waals surface area contributed by atoms with E-state index in [2.05, 4.69) is 6.92 Å². The van der Waals surface area contributed by atoms with Gasteiger partial charge in [-0.3, -0.25) is 0 Å². The molecular formula is C23H37FSi. The first-order chi connectivity index (χ1) is 12.2. The second-order valence-electron chi connectivity index (χ2n) is 8.87. The normalized spacial score (nSPS) is 30.3. The van der Waals surface area contributed by atoms with Crippen LogP contribution in [0.25, 0.3) is 0 Å². The van der Waals surface area contributed by atoms with Gasteiger partial charge < -0.3 is 0 Å². The molecule has 1 saturated carbocycles. The molecule has 0 N–H and O–H groups in total. The topological polar surface area (TPSA) is 0 Å². The van der Waals surface area contributed by atoms with Crippen molar-refractivity contribution >= 4 is 8.80 Å². The second kappa shape index (κ2) is 9.90. The van der Waals surface area contributed by atoms with Crippen LogP contribution in [0.1, 0.15) is 76.7 Å². The fourth-order valence-corrected chi connectivity index (χ4v) is 9.77. The number of benzene rings is 1. The zero-order valence-corrected chi connectivity index (χ0v) is 17.3. The van der Waals surface area contributed by atoms with Crippen molar-refractivity contribution in [2.45, 2.75) is 95.2 Å². The first-order valence-corrected chi connectivity index (χ1v) is 13.3. The molecule has 0 spiro atoms. The fraction of sp³-hybridized carbons (Fsp3) is 0.739. The minimum Gasteiger partial charge on any atom is -0.207 e. The minimum atomic E-state index is -0.456. The van der Waals surface area contributed by atoms with Gasteiger partial charge in [-0.15, -0.1) is 0 Å². The largest absolute Gasteiger partial charge is 0.207 e. The molecule has 2 fully saturated rings. The van der Waals surface area contributed by atoms with Gasteiger partial charge in [0.1, 0.15) is 5.82 Å². The van der Waals surface area contributed by atoms with Crippen molar-refractivity contribution in [2.24, 2.45) is 11.8 Å². The number of halogens is 1. The van der Waals surface area contributed by atoms with E-state index in [1.807, 2.05) is 12.1 Å². The van der Waals surface area contributed by atoms with Gasteiger partial charge >= 0.3 is 0 Å². The number of rotatable bonds is 7. The van der Waals surface area contributed by atoms with Crippen molar-refractivity contribution in [3.8, 4) is 0 Å². The number of hydrogen-bond donors (Lipinski definition) is 0. The summed E-state index contributed by atoms with van der Waals surface area (Å²) in [5.74, 6) is 1.90. The molecule has 2 aliphatic rings. The van der Waals surface area contributed by atoms with Gasteiger partial charge in [0.05, 0.1) is 0 Å². The van der Waals surface area contributed by atoms with Crippen molar-refractivity contribution in [3.63, 3.8) is 0 Å². The Balaban J connectivity index is 1.34. The van der Waals surface area contributed by atoms with Gasteiger partial charge in [0.25, 0.3) is 0 Å². The number of unbranched alkanes of at least 4 members (excludes halogenated alkanes) is 1. The molecule has 0 radical (unpaired) electrons. The number of hydrogen-bond acceptors (Lipinski definition) is 0. The molecule has 2 heteroatoms. The molecule has 0 nitrogen and oxygen atoms in total. The molecule has 1 aromatic carbocycles. The SMILES string of the molecule is CCCC[C@H]1CC[C@H]([Si@H]2CC[C@H](CCc3ccc(F)cc3)CC2)CC1. The standard InChI is InChI=1S/C23H37FSi/c1-2-3-4-19-9-13-23(14-10-19)25-17-15-21(16-18-25)6-5-20-7-11-22(24)12-8-20/h7-8,11-12,19,21,23,25H,2-6,9-10,13-18H2,1H3/t19-,21-,23-,25-. The molecule has 1 heterocycles. The summed E-state index contributed by atoms with van der Waals surface area (Å²) in [5, 5.41) is 0. The van der Waals surface area contributed by atoms with Crippen molar-refractivity contribution < 1.29 is 4.39 Å². The molecule has 0 bridgehead atoms. The Labute approximate surface area is 156 Å². The Morgan fingerprint density at radius 1 is 0.880 bits per heavy atom. The van der Waals surface area contributed by atoms with E-state index in [9.17, 15) is 4.39 Å². The third-order valence-electron chi connectivity index (χ3n) is 7.17. The van der Waals surface area contributed by atoms with Crippen LogP contribution < -0.4 is 0 Å². The van der Waals surface area contributed by atoms with Crippen LogP contribution in [0.2, 0.25) is 17.6 Å². The van der Waals surface area contributed by atoms with E-state index in [4.69, 9.17) is 0 Å². The summed E-state index contributed by atoms with van der Waals surface area (Å²) in [6.07, 6.45) is 16.0. The van der Waals surface area contributed by atoms with Gasteiger partial charge in [0.15, 0.2) is 0 Å². The molecule has 1 aromatic rings. The maximum atomic E-state index is 13.0. The average Bonchev–Trinajstić information content (AvgIpc) is 2.67. The van der Waals surface area contributed by atoms with E-state index < -0.39 is 8.80 Å². The predicted molar refractivity (Wildman–Crippen MR) is 109 cm³/mol. The van der Waals surface area contributed by atoms with Crippen LogP contribution in [-0.2, 0) is 6.42 Å². The van der Waals surface area contributed by atoms with Gasteiger partial charge in [-0.05, 0) is 47.9 Å². The van der Waals surface area contributed by atoms with Gasteiger partial charge in [0.2, 0.25) is 0 Å². The Hall–Kier alpha value is -0.633. The summed E-state index contributed by atoms with van der Waals surface area (Å²) in [4.78, 5) is 0. The van der Waals surface area contributed by atoms with E-state index in [0.717, 1.165) is 18.3 Å². The summed E-state index contributed by atoms with van der Waals surface area (Å²) in [6.45, 7) is 2.33. The lowest BCUT2D eigenvalue weighted by molar-refractivity contribution is 0.325. The quantitative estimate of drug-likeness (QED) is 0.453. The third kappa shape index (κ3) is 5.94. The van der Waals surface area contributed by atoms with Crippen LogP contribution in [0.4, 0.5) is 4.39 Å². The lowest BCUT2D eigenvalue weighted by Gasteiger charge is -2.37. The van der Waals surface area contributed by atoms with Crippen LogP contribution in [0.15, 0.2) is 24.3 Å². The zero-order valence-electron chi connectivity index (χ0n) is 16.2. The van der Waals surface area contributed by atoms with Gasteiger partial charge in [-0.2, -0.15) is 0 Å². The predicted octanol–water partition coefficient (Wildman–Crippen LogP) is 7.15. The molecule has 1 aliphatic heterocycles. The summed E-state index contributed by atoms with van der Waals surface area (Å²) in [5.41, 5.74) is 2.49. The minimum absolute atomic E-state index is 0.111. The van der Waals surface area contributed by atoms with E-state index in [0.29, 0.717) is 0 Å². The molecular weight excluding hydrogens is 323 g/mol. The zero-order chi connectivity index (χ0) is 17.5. The van der Waals surface area contributed by atoms with E-state index in [-0.39, 0.29) is 5.82 Å². The maximum absolute atomic E-state index is 13.0. The van der Waals surface area contributed by atoms with Crippen molar-refractivity contribution in [1.82, 2.24) is 0 Å². The maximum Gasteiger partial charge on any atom is 0.123 e. The van der Waals surface area contributed by atoms with Gasteiger partial charge in [-0.25, -0.2) is 4.39 Å². The van der Waals surface area contributed by atoms with Crippen molar-refractivity contribution in [2.75, 3.05) is 0 Å². The van der Waals surface area contributed by atoms with E-state index in [1.165, 1.54) is 49.6 Å². The van der Waals surface area contributed by atoms with Crippen LogP contribution >= 0.6 is 0 Å². The summed E-state index contributed by atoms with van der Waals surface area (Å²) < 4.78 is 13.0. The van der Waals surface area contributed by atoms with Crippen LogP contribution in [-0.4, -0.2) is 8.80 Å². The third-order valence-corrected chi connectivity index (χ3v) is 11.3. The first-order valence-electron chi connectivity index (χ1n) is 11.0. The van der Waals surface area contributed by atoms with Gasteiger partial charge in [0, 0.05) is 8.80 Å². The molecule has 140 valence electrons. The second-order valence-corrected chi connectivity index (χ2v) is 12.5. The van der Waals surface area contributed by atoms with E-state index >= 15 is 0 Å². The highest BCUT2D eigenvalue weighted by molar-refractivity contribution is 6.60.